The maximum atomic E-state index is 12.4. The predicted octanol–water partition coefficient (Wildman–Crippen LogP) is 1.43. The van der Waals surface area contributed by atoms with E-state index < -0.39 is 15.9 Å². The smallest absolute Gasteiger partial charge is 0.255 e. The molecule has 134 valence electrons. The minimum Gasteiger partial charge on any atom is -0.322 e. The van der Waals surface area contributed by atoms with E-state index in [-0.39, 0.29) is 15.5 Å². The summed E-state index contributed by atoms with van der Waals surface area (Å²) in [7, 11) is -2.34. The summed E-state index contributed by atoms with van der Waals surface area (Å²) < 4.78 is 24.6. The average molecular weight is 393 g/mol. The lowest BCUT2D eigenvalue weighted by Gasteiger charge is -2.09. The normalized spacial score (nSPS) is 11.3. The van der Waals surface area contributed by atoms with Crippen molar-refractivity contribution in [2.45, 2.75) is 4.90 Å². The minimum atomic E-state index is -4.04. The number of carbonyl (C=O) groups is 1. The maximum Gasteiger partial charge on any atom is 0.255 e. The number of nitrogens with one attached hydrogen (secondary N) is 1. The molecule has 26 heavy (non-hydrogen) atoms. The van der Waals surface area contributed by atoms with Crippen LogP contribution in [-0.4, -0.2) is 34.5 Å². The Morgan fingerprint density at radius 1 is 1.23 bits per heavy atom. The summed E-state index contributed by atoms with van der Waals surface area (Å²) in [5.74, 6) is 0.0175. The van der Waals surface area contributed by atoms with Crippen LogP contribution in [0.5, 0.6) is 0 Å². The zero-order chi connectivity index (χ0) is 18.9. The first-order chi connectivity index (χ1) is 12.3. The average Bonchev–Trinajstić information content (AvgIpc) is 3.00. The Balaban J connectivity index is 1.89. The van der Waals surface area contributed by atoms with Gasteiger partial charge in [0.2, 0.25) is 10.0 Å². The van der Waals surface area contributed by atoms with Crippen LogP contribution in [-0.2, 0) is 17.1 Å². The van der Waals surface area contributed by atoms with E-state index in [2.05, 4.69) is 20.8 Å². The van der Waals surface area contributed by atoms with E-state index in [0.29, 0.717) is 17.1 Å². The Morgan fingerprint density at radius 3 is 2.65 bits per heavy atom. The first kappa shape index (κ1) is 18.0. The standard InChI is InChI=1S/C15H13ClN6O3S/c1-22-14(19-20-21-22)9-3-2-4-11(7-9)18-15(23)10-5-6-12(16)13(8-10)26(17,24)25/h2-8H,1H3,(H,18,23)(H2,17,24,25). The summed E-state index contributed by atoms with van der Waals surface area (Å²) in [5, 5.41) is 19.0. The van der Waals surface area contributed by atoms with Gasteiger partial charge in [-0.3, -0.25) is 4.79 Å². The Hall–Kier alpha value is -2.82. The molecule has 0 atom stereocenters. The third kappa shape index (κ3) is 3.72. The van der Waals surface area contributed by atoms with E-state index in [1.54, 1.807) is 31.3 Å². The fraction of sp³-hybridized carbons (Fsp3) is 0.0667. The van der Waals surface area contributed by atoms with Gasteiger partial charge in [-0.05, 0) is 40.8 Å². The highest BCUT2D eigenvalue weighted by molar-refractivity contribution is 7.89. The lowest BCUT2D eigenvalue weighted by Crippen LogP contribution is -2.16. The number of aromatic nitrogens is 4. The number of tetrazole rings is 1. The van der Waals surface area contributed by atoms with E-state index in [1.165, 1.54) is 16.8 Å². The van der Waals surface area contributed by atoms with Crippen LogP contribution < -0.4 is 10.5 Å². The van der Waals surface area contributed by atoms with Crippen molar-refractivity contribution in [1.29, 1.82) is 0 Å². The van der Waals surface area contributed by atoms with E-state index in [4.69, 9.17) is 16.7 Å². The van der Waals surface area contributed by atoms with Crippen molar-refractivity contribution in [3.8, 4) is 11.4 Å². The Morgan fingerprint density at radius 2 is 2.00 bits per heavy atom. The lowest BCUT2D eigenvalue weighted by atomic mass is 10.1. The number of hydrogen-bond acceptors (Lipinski definition) is 6. The quantitative estimate of drug-likeness (QED) is 0.690. The second-order valence-electron chi connectivity index (χ2n) is 5.35. The number of carbonyl (C=O) groups excluding carboxylic acids is 1. The summed E-state index contributed by atoms with van der Waals surface area (Å²) in [6, 6.07) is 10.7. The van der Waals surface area contributed by atoms with Gasteiger partial charge >= 0.3 is 0 Å². The number of aryl methyl sites for hydroxylation is 1. The molecule has 0 unspecified atom stereocenters. The largest absolute Gasteiger partial charge is 0.322 e. The number of primary sulfonamides is 1. The summed E-state index contributed by atoms with van der Waals surface area (Å²) in [6.45, 7) is 0. The highest BCUT2D eigenvalue weighted by atomic mass is 35.5. The van der Waals surface area contributed by atoms with Crippen LogP contribution in [0.1, 0.15) is 10.4 Å². The number of sulfonamides is 1. The maximum absolute atomic E-state index is 12.4. The van der Waals surface area contributed by atoms with E-state index in [0.717, 1.165) is 6.07 Å². The Labute approximate surface area is 153 Å². The molecule has 0 fully saturated rings. The Kier molecular flexibility index (Phi) is 4.72. The zero-order valence-corrected chi connectivity index (χ0v) is 15.0. The molecule has 11 heteroatoms. The molecule has 0 bridgehead atoms. The van der Waals surface area contributed by atoms with Crippen LogP contribution in [0.2, 0.25) is 5.02 Å². The number of amides is 1. The van der Waals surface area contributed by atoms with Crippen LogP contribution in [0.4, 0.5) is 5.69 Å². The lowest BCUT2D eigenvalue weighted by molar-refractivity contribution is 0.102. The molecule has 2 aromatic carbocycles. The van der Waals surface area contributed by atoms with Gasteiger partial charge in [0.05, 0.1) is 5.02 Å². The van der Waals surface area contributed by atoms with Crippen molar-refractivity contribution >= 4 is 33.2 Å². The van der Waals surface area contributed by atoms with Crippen molar-refractivity contribution in [3.63, 3.8) is 0 Å². The molecule has 1 heterocycles. The monoisotopic (exact) mass is 392 g/mol. The highest BCUT2D eigenvalue weighted by Gasteiger charge is 2.17. The van der Waals surface area contributed by atoms with Crippen molar-refractivity contribution in [2.75, 3.05) is 5.32 Å². The van der Waals surface area contributed by atoms with Crippen LogP contribution in [0, 0.1) is 0 Å². The second-order valence-corrected chi connectivity index (χ2v) is 7.29. The van der Waals surface area contributed by atoms with Gasteiger partial charge in [-0.2, -0.15) is 0 Å². The minimum absolute atomic E-state index is 0.0548. The number of anilines is 1. The fourth-order valence-electron chi connectivity index (χ4n) is 2.28. The number of halogens is 1. The first-order valence-corrected chi connectivity index (χ1v) is 9.14. The fourth-order valence-corrected chi connectivity index (χ4v) is 3.35. The number of rotatable bonds is 4. The second kappa shape index (κ2) is 6.83. The van der Waals surface area contributed by atoms with Crippen LogP contribution in [0.25, 0.3) is 11.4 Å². The summed E-state index contributed by atoms with van der Waals surface area (Å²) in [5.41, 5.74) is 1.29. The van der Waals surface area contributed by atoms with Gasteiger partial charge in [-0.15, -0.1) is 5.10 Å². The van der Waals surface area contributed by atoms with Crippen molar-refractivity contribution in [2.24, 2.45) is 12.2 Å². The summed E-state index contributed by atoms with van der Waals surface area (Å²) in [4.78, 5) is 12.1. The van der Waals surface area contributed by atoms with Gasteiger partial charge in [0, 0.05) is 23.9 Å². The first-order valence-electron chi connectivity index (χ1n) is 7.22. The summed E-state index contributed by atoms with van der Waals surface area (Å²) >= 11 is 5.83. The zero-order valence-electron chi connectivity index (χ0n) is 13.4. The third-order valence-electron chi connectivity index (χ3n) is 3.50. The van der Waals surface area contributed by atoms with Crippen LogP contribution >= 0.6 is 11.6 Å². The van der Waals surface area contributed by atoms with Crippen molar-refractivity contribution in [3.05, 3.63) is 53.1 Å². The molecule has 1 aromatic heterocycles. The SMILES string of the molecule is Cn1nnnc1-c1cccc(NC(=O)c2ccc(Cl)c(S(N)(=O)=O)c2)c1. The number of nitrogens with zero attached hydrogens (tertiary/aromatic N) is 4. The highest BCUT2D eigenvalue weighted by Crippen LogP contribution is 2.23. The van der Waals surface area contributed by atoms with Gasteiger partial charge in [-0.1, -0.05) is 23.7 Å². The predicted molar refractivity (Wildman–Crippen MR) is 95.0 cm³/mol. The van der Waals surface area contributed by atoms with Gasteiger partial charge in [0.25, 0.3) is 5.91 Å². The number of nitrogens with two attached hydrogens (primary N) is 1. The Bertz CT molecular complexity index is 1100. The molecule has 3 rings (SSSR count). The van der Waals surface area contributed by atoms with E-state index >= 15 is 0 Å². The molecule has 0 saturated carbocycles. The molecule has 9 nitrogen and oxygen atoms in total. The number of benzene rings is 2. The van der Waals surface area contributed by atoms with Crippen molar-refractivity contribution in [1.82, 2.24) is 20.2 Å². The molecule has 0 aliphatic rings. The van der Waals surface area contributed by atoms with Gasteiger partial charge in [0.1, 0.15) is 4.90 Å². The van der Waals surface area contributed by atoms with Crippen molar-refractivity contribution < 1.29 is 13.2 Å². The molecule has 0 aliphatic carbocycles. The van der Waals surface area contributed by atoms with Gasteiger partial charge in [-0.25, -0.2) is 18.2 Å². The van der Waals surface area contributed by atoms with Crippen LogP contribution in [0.3, 0.4) is 0 Å². The molecule has 0 saturated heterocycles. The van der Waals surface area contributed by atoms with Crippen LogP contribution in [0.15, 0.2) is 47.4 Å². The molecule has 0 spiro atoms. The van der Waals surface area contributed by atoms with Gasteiger partial charge in [0.15, 0.2) is 5.82 Å². The summed E-state index contributed by atoms with van der Waals surface area (Å²) in [6.07, 6.45) is 0. The molecular formula is C15H13ClN6O3S. The van der Waals surface area contributed by atoms with E-state index in [1.807, 2.05) is 0 Å². The number of hydrogen-bond donors (Lipinski definition) is 2. The molecular weight excluding hydrogens is 380 g/mol. The molecule has 1 amide bonds. The third-order valence-corrected chi connectivity index (χ3v) is 4.89. The topological polar surface area (TPSA) is 133 Å². The molecule has 0 aliphatic heterocycles. The van der Waals surface area contributed by atoms with Gasteiger partial charge < -0.3 is 5.32 Å². The molecule has 3 N–H and O–H groups in total. The molecule has 3 aromatic rings. The molecule has 0 radical (unpaired) electrons. The van der Waals surface area contributed by atoms with E-state index in [9.17, 15) is 13.2 Å².